The third-order valence-corrected chi connectivity index (χ3v) is 9.60. The predicted octanol–water partition coefficient (Wildman–Crippen LogP) is 7.09. The minimum absolute atomic E-state index is 0.0481. The molecule has 0 fully saturated rings. The lowest BCUT2D eigenvalue weighted by Crippen LogP contribution is -2.34. The maximum absolute atomic E-state index is 11.3. The molecule has 1 aromatic carbocycles. The van der Waals surface area contributed by atoms with E-state index in [1.54, 1.807) is 25.6 Å². The van der Waals surface area contributed by atoms with Crippen LogP contribution in [-0.4, -0.2) is 24.8 Å². The summed E-state index contributed by atoms with van der Waals surface area (Å²) in [6, 6.07) is 1.17. The molecule has 164 valence electrons. The van der Waals surface area contributed by atoms with Crippen molar-refractivity contribution >= 4 is 26.0 Å². The fourth-order valence-electron chi connectivity index (χ4n) is 3.65. The van der Waals surface area contributed by atoms with E-state index in [1.165, 1.54) is 40.5 Å². The highest BCUT2D eigenvalue weighted by molar-refractivity contribution is 8.00. The van der Waals surface area contributed by atoms with Crippen LogP contribution in [0.1, 0.15) is 69.6 Å². The SMILES string of the molecule is CCCC[Si](C)(C)Oc1c(C)c(C)c2c(c1C)SC(CCCC(C)(C)C(=O)O)O2. The Bertz CT molecular complexity index is 758. The van der Waals surface area contributed by atoms with E-state index in [0.717, 1.165) is 24.3 Å². The van der Waals surface area contributed by atoms with Gasteiger partial charge in [-0.25, -0.2) is 0 Å². The van der Waals surface area contributed by atoms with Gasteiger partial charge in [0.25, 0.3) is 0 Å². The number of ether oxygens (including phenoxy) is 1. The zero-order chi connectivity index (χ0) is 22.0. The first-order valence-electron chi connectivity index (χ1n) is 10.8. The van der Waals surface area contributed by atoms with Gasteiger partial charge in [0.15, 0.2) is 0 Å². The lowest BCUT2D eigenvalue weighted by molar-refractivity contribution is -0.147. The summed E-state index contributed by atoms with van der Waals surface area (Å²) in [5.74, 6) is 1.31. The standard InChI is InChI=1S/C23H38O4SSi/c1-9-10-14-29(7,8)27-19-15(2)16(3)20-21(17(19)4)28-18(26-20)12-11-13-23(5,6)22(24)25/h18H,9-14H2,1-8H3,(H,24,25). The van der Waals surface area contributed by atoms with Crippen LogP contribution in [0.5, 0.6) is 11.5 Å². The summed E-state index contributed by atoms with van der Waals surface area (Å²) in [6.07, 6.45) is 4.75. The van der Waals surface area contributed by atoms with Gasteiger partial charge in [-0.15, -0.1) is 0 Å². The zero-order valence-corrected chi connectivity index (χ0v) is 21.2. The number of unbranched alkanes of at least 4 members (excludes halogenated alkanes) is 1. The van der Waals surface area contributed by atoms with E-state index in [9.17, 15) is 9.90 Å². The Kier molecular flexibility index (Phi) is 7.77. The number of fused-ring (bicyclic) bond motifs is 1. The van der Waals surface area contributed by atoms with Gasteiger partial charge in [-0.05, 0) is 84.1 Å². The van der Waals surface area contributed by atoms with Crippen LogP contribution in [0.25, 0.3) is 0 Å². The van der Waals surface area contributed by atoms with E-state index in [4.69, 9.17) is 9.16 Å². The summed E-state index contributed by atoms with van der Waals surface area (Å²) in [4.78, 5) is 12.5. The lowest BCUT2D eigenvalue weighted by Gasteiger charge is -2.28. The molecule has 1 aliphatic rings. The normalized spacial score (nSPS) is 16.5. The highest BCUT2D eigenvalue weighted by Gasteiger charge is 2.33. The smallest absolute Gasteiger partial charge is 0.309 e. The largest absolute Gasteiger partial charge is 0.544 e. The van der Waals surface area contributed by atoms with Crippen molar-refractivity contribution in [2.24, 2.45) is 5.41 Å². The van der Waals surface area contributed by atoms with Gasteiger partial charge >= 0.3 is 5.97 Å². The molecule has 1 unspecified atom stereocenters. The van der Waals surface area contributed by atoms with E-state index in [2.05, 4.69) is 40.8 Å². The average Bonchev–Trinajstić information content (AvgIpc) is 3.06. The number of hydrogen-bond acceptors (Lipinski definition) is 4. The first-order valence-corrected chi connectivity index (χ1v) is 14.8. The van der Waals surface area contributed by atoms with E-state index in [-0.39, 0.29) is 5.44 Å². The number of carbonyl (C=O) groups is 1. The summed E-state index contributed by atoms with van der Waals surface area (Å²) in [5.41, 5.74) is 2.91. The maximum atomic E-state index is 11.3. The molecule has 0 saturated carbocycles. The average molecular weight is 439 g/mol. The van der Waals surface area contributed by atoms with Gasteiger partial charge < -0.3 is 14.3 Å². The van der Waals surface area contributed by atoms with Crippen LogP contribution in [0.4, 0.5) is 0 Å². The monoisotopic (exact) mass is 438 g/mol. The Hall–Kier alpha value is -1.14. The molecule has 2 rings (SSSR count). The highest BCUT2D eigenvalue weighted by atomic mass is 32.2. The van der Waals surface area contributed by atoms with Crippen molar-refractivity contribution in [3.8, 4) is 11.5 Å². The molecule has 1 heterocycles. The van der Waals surface area contributed by atoms with Crippen molar-refractivity contribution in [3.63, 3.8) is 0 Å². The fraction of sp³-hybridized carbons (Fsp3) is 0.696. The van der Waals surface area contributed by atoms with Crippen LogP contribution in [0, 0.1) is 26.2 Å². The number of carboxylic acids is 1. The summed E-state index contributed by atoms with van der Waals surface area (Å²) >= 11 is 1.77. The Morgan fingerprint density at radius 2 is 1.83 bits per heavy atom. The maximum Gasteiger partial charge on any atom is 0.309 e. The van der Waals surface area contributed by atoms with Gasteiger partial charge in [0.2, 0.25) is 8.32 Å². The van der Waals surface area contributed by atoms with Gasteiger partial charge in [0, 0.05) is 5.56 Å². The molecule has 6 heteroatoms. The Balaban J connectivity index is 2.14. The molecular weight excluding hydrogens is 400 g/mol. The number of aliphatic carboxylic acids is 1. The molecule has 0 saturated heterocycles. The van der Waals surface area contributed by atoms with Crippen molar-refractivity contribution in [1.82, 2.24) is 0 Å². The van der Waals surface area contributed by atoms with Gasteiger partial charge in [0.1, 0.15) is 16.9 Å². The van der Waals surface area contributed by atoms with Crippen molar-refractivity contribution in [1.29, 1.82) is 0 Å². The number of hydrogen-bond donors (Lipinski definition) is 1. The molecular formula is C23H38O4SSi. The number of rotatable bonds is 10. The van der Waals surface area contributed by atoms with Crippen LogP contribution in [0.3, 0.4) is 0 Å². The van der Waals surface area contributed by atoms with E-state index in [0.29, 0.717) is 6.42 Å². The molecule has 0 spiro atoms. The summed E-state index contributed by atoms with van der Waals surface area (Å²) in [5, 5.41) is 9.31. The van der Waals surface area contributed by atoms with Crippen LogP contribution in [0.15, 0.2) is 4.90 Å². The van der Waals surface area contributed by atoms with Crippen LogP contribution in [0.2, 0.25) is 19.1 Å². The lowest BCUT2D eigenvalue weighted by atomic mass is 9.87. The van der Waals surface area contributed by atoms with Crippen molar-refractivity contribution < 1.29 is 19.1 Å². The molecule has 29 heavy (non-hydrogen) atoms. The molecule has 1 aromatic rings. The van der Waals surface area contributed by atoms with Crippen LogP contribution in [-0.2, 0) is 4.79 Å². The van der Waals surface area contributed by atoms with Crippen LogP contribution >= 0.6 is 11.8 Å². The van der Waals surface area contributed by atoms with Crippen LogP contribution < -0.4 is 9.16 Å². The van der Waals surface area contributed by atoms with Gasteiger partial charge in [0.05, 0.1) is 10.3 Å². The molecule has 0 amide bonds. The van der Waals surface area contributed by atoms with Crippen molar-refractivity contribution in [3.05, 3.63) is 16.7 Å². The first kappa shape index (κ1) is 24.1. The molecule has 1 N–H and O–H groups in total. The van der Waals surface area contributed by atoms with Crippen molar-refractivity contribution in [2.75, 3.05) is 0 Å². The summed E-state index contributed by atoms with van der Waals surface area (Å²) in [7, 11) is -1.76. The molecule has 0 aliphatic carbocycles. The predicted molar refractivity (Wildman–Crippen MR) is 124 cm³/mol. The minimum Gasteiger partial charge on any atom is -0.544 e. The molecule has 0 radical (unpaired) electrons. The number of thioether (sulfide) groups is 1. The van der Waals surface area contributed by atoms with E-state index in [1.807, 2.05) is 0 Å². The van der Waals surface area contributed by atoms with E-state index >= 15 is 0 Å². The Labute approximate surface area is 181 Å². The summed E-state index contributed by atoms with van der Waals surface area (Å²) in [6.45, 7) is 16.8. The quantitative estimate of drug-likeness (QED) is 0.395. The molecule has 1 aliphatic heterocycles. The van der Waals surface area contributed by atoms with Gasteiger partial charge in [-0.2, -0.15) is 0 Å². The van der Waals surface area contributed by atoms with E-state index < -0.39 is 19.7 Å². The summed E-state index contributed by atoms with van der Waals surface area (Å²) < 4.78 is 13.0. The molecule has 4 nitrogen and oxygen atoms in total. The first-order chi connectivity index (χ1) is 13.4. The number of benzene rings is 1. The second kappa shape index (κ2) is 9.34. The van der Waals surface area contributed by atoms with Crippen molar-refractivity contribution in [2.45, 2.75) is 103 Å². The second-order valence-corrected chi connectivity index (χ2v) is 15.0. The second-order valence-electron chi connectivity index (χ2n) is 9.57. The highest BCUT2D eigenvalue weighted by Crippen LogP contribution is 2.51. The third kappa shape index (κ3) is 5.72. The number of carboxylic acid groups (broad SMARTS) is 1. The van der Waals surface area contributed by atoms with Gasteiger partial charge in [-0.1, -0.05) is 31.5 Å². The van der Waals surface area contributed by atoms with Gasteiger partial charge in [-0.3, -0.25) is 4.79 Å². The third-order valence-electron chi connectivity index (χ3n) is 5.96. The topological polar surface area (TPSA) is 55.8 Å². The molecule has 0 aromatic heterocycles. The Morgan fingerprint density at radius 3 is 2.41 bits per heavy atom. The zero-order valence-electron chi connectivity index (χ0n) is 19.4. The fourth-order valence-corrected chi connectivity index (χ4v) is 7.09. The molecule has 0 bridgehead atoms. The molecule has 1 atom stereocenters. The minimum atomic E-state index is -1.76. The Morgan fingerprint density at radius 1 is 1.17 bits per heavy atom.